The van der Waals surface area contributed by atoms with Gasteiger partial charge < -0.3 is 14.8 Å². The van der Waals surface area contributed by atoms with Gasteiger partial charge in [0.15, 0.2) is 6.10 Å². The third-order valence-electron chi connectivity index (χ3n) is 3.91. The van der Waals surface area contributed by atoms with Gasteiger partial charge in [0.05, 0.1) is 18.2 Å². The number of nitrogens with one attached hydrogen (secondary N) is 1. The van der Waals surface area contributed by atoms with Gasteiger partial charge in [-0.05, 0) is 49.2 Å². The number of amides is 1. The zero-order valence-electron chi connectivity index (χ0n) is 15.3. The molecule has 2 aromatic carbocycles. The van der Waals surface area contributed by atoms with E-state index in [4.69, 9.17) is 32.7 Å². The first kappa shape index (κ1) is 21.2. The van der Waals surface area contributed by atoms with Crippen LogP contribution < -0.4 is 5.32 Å². The molecule has 0 heterocycles. The Hall–Kier alpha value is -2.08. The minimum atomic E-state index is -0.961. The number of benzene rings is 2. The van der Waals surface area contributed by atoms with Crippen LogP contribution in [0.1, 0.15) is 41.4 Å². The fraction of sp³-hybridized carbons (Fsp3) is 0.300. The van der Waals surface area contributed by atoms with Gasteiger partial charge in [0.2, 0.25) is 0 Å². The average Bonchev–Trinajstić information content (AvgIpc) is 2.61. The Bertz CT molecular complexity index is 825. The van der Waals surface area contributed by atoms with Crippen LogP contribution in [0, 0.1) is 0 Å². The Morgan fingerprint density at radius 3 is 2.52 bits per heavy atom. The van der Waals surface area contributed by atoms with E-state index in [1.165, 1.54) is 6.92 Å². The highest BCUT2D eigenvalue weighted by atomic mass is 35.5. The number of esters is 1. The molecule has 5 nitrogen and oxygen atoms in total. The number of carbonyl (C=O) groups excluding carboxylic acids is 2. The monoisotopic (exact) mass is 409 g/mol. The molecule has 0 unspecified atom stereocenters. The quantitative estimate of drug-likeness (QED) is 0.680. The molecular weight excluding hydrogens is 389 g/mol. The van der Waals surface area contributed by atoms with Gasteiger partial charge in [0.1, 0.15) is 0 Å². The third kappa shape index (κ3) is 5.96. The Morgan fingerprint density at radius 2 is 1.85 bits per heavy atom. The molecule has 2 rings (SSSR count). The minimum absolute atomic E-state index is 0.359. The van der Waals surface area contributed by atoms with Gasteiger partial charge in [-0.1, -0.05) is 41.4 Å². The van der Waals surface area contributed by atoms with Crippen molar-refractivity contribution in [3.8, 4) is 0 Å². The summed E-state index contributed by atoms with van der Waals surface area (Å²) in [6.07, 6.45) is -0.961. The van der Waals surface area contributed by atoms with E-state index in [1.807, 2.05) is 6.07 Å². The molecule has 7 heteroatoms. The van der Waals surface area contributed by atoms with Crippen molar-refractivity contribution in [3.05, 3.63) is 69.2 Å². The van der Waals surface area contributed by atoms with Gasteiger partial charge in [-0.15, -0.1) is 0 Å². The maximum atomic E-state index is 12.4. The van der Waals surface area contributed by atoms with Crippen LogP contribution in [0.25, 0.3) is 0 Å². The lowest BCUT2D eigenvalue weighted by molar-refractivity contribution is -0.129. The maximum absolute atomic E-state index is 12.4. The first-order chi connectivity index (χ1) is 12.8. The zero-order valence-corrected chi connectivity index (χ0v) is 16.8. The SMILES string of the molecule is COCc1cccc(C(=O)O[C@@H](C)C(=O)N[C@@H](C)c2ccc(Cl)cc2Cl)c1. The normalized spacial score (nSPS) is 12.9. The number of hydrogen-bond donors (Lipinski definition) is 1. The van der Waals surface area contributed by atoms with Crippen molar-refractivity contribution in [2.75, 3.05) is 7.11 Å². The van der Waals surface area contributed by atoms with Gasteiger partial charge in [-0.2, -0.15) is 0 Å². The van der Waals surface area contributed by atoms with Crippen molar-refractivity contribution < 1.29 is 19.1 Å². The van der Waals surface area contributed by atoms with Gasteiger partial charge in [0.25, 0.3) is 5.91 Å². The Labute approximate surface area is 168 Å². The van der Waals surface area contributed by atoms with Gasteiger partial charge in [0, 0.05) is 17.2 Å². The number of ether oxygens (including phenoxy) is 2. The van der Waals surface area contributed by atoms with Gasteiger partial charge in [-0.25, -0.2) is 4.79 Å². The third-order valence-corrected chi connectivity index (χ3v) is 4.48. The summed E-state index contributed by atoms with van der Waals surface area (Å²) in [5.74, 6) is -0.998. The number of rotatable bonds is 7. The lowest BCUT2D eigenvalue weighted by atomic mass is 10.1. The predicted molar refractivity (Wildman–Crippen MR) is 105 cm³/mol. The summed E-state index contributed by atoms with van der Waals surface area (Å²) < 4.78 is 10.3. The molecule has 27 heavy (non-hydrogen) atoms. The molecule has 0 fully saturated rings. The van der Waals surface area contributed by atoms with E-state index in [-0.39, 0.29) is 6.04 Å². The maximum Gasteiger partial charge on any atom is 0.338 e. The van der Waals surface area contributed by atoms with Crippen LogP contribution in [0.15, 0.2) is 42.5 Å². The van der Waals surface area contributed by atoms with E-state index in [2.05, 4.69) is 5.32 Å². The second-order valence-corrected chi connectivity index (χ2v) is 6.92. The minimum Gasteiger partial charge on any atom is -0.449 e. The van der Waals surface area contributed by atoms with Crippen molar-refractivity contribution in [1.29, 1.82) is 0 Å². The molecule has 0 aliphatic rings. The summed E-state index contributed by atoms with van der Waals surface area (Å²) in [5, 5.41) is 3.75. The highest BCUT2D eigenvalue weighted by Gasteiger charge is 2.22. The van der Waals surface area contributed by atoms with Gasteiger partial charge >= 0.3 is 5.97 Å². The van der Waals surface area contributed by atoms with E-state index in [0.717, 1.165) is 11.1 Å². The molecule has 0 radical (unpaired) electrons. The van der Waals surface area contributed by atoms with Crippen LogP contribution in [0.4, 0.5) is 0 Å². The molecule has 1 amide bonds. The number of halogens is 2. The van der Waals surface area contributed by atoms with Crippen LogP contribution in [-0.4, -0.2) is 25.1 Å². The molecule has 0 aliphatic carbocycles. The summed E-state index contributed by atoms with van der Waals surface area (Å²) in [6, 6.07) is 11.6. The molecule has 2 aromatic rings. The highest BCUT2D eigenvalue weighted by Crippen LogP contribution is 2.26. The lowest BCUT2D eigenvalue weighted by Crippen LogP contribution is -2.37. The summed E-state index contributed by atoms with van der Waals surface area (Å²) >= 11 is 12.0. The summed E-state index contributed by atoms with van der Waals surface area (Å²) in [7, 11) is 1.57. The predicted octanol–water partition coefficient (Wildman–Crippen LogP) is 4.56. The average molecular weight is 410 g/mol. The fourth-order valence-electron chi connectivity index (χ4n) is 2.50. The molecule has 0 saturated heterocycles. The standard InChI is InChI=1S/C20H21Cl2NO4/c1-12(17-8-7-16(21)10-18(17)22)23-19(24)13(2)27-20(25)15-6-4-5-14(9-15)11-26-3/h4-10,12-13H,11H2,1-3H3,(H,23,24)/t12-,13-/m0/s1. The second kappa shape index (κ2) is 9.74. The van der Waals surface area contributed by atoms with Crippen molar-refractivity contribution in [3.63, 3.8) is 0 Å². The molecule has 144 valence electrons. The van der Waals surface area contributed by atoms with Crippen LogP contribution in [0.5, 0.6) is 0 Å². The summed E-state index contributed by atoms with van der Waals surface area (Å²) in [6.45, 7) is 3.69. The number of hydrogen-bond acceptors (Lipinski definition) is 4. The largest absolute Gasteiger partial charge is 0.449 e. The summed E-state index contributed by atoms with van der Waals surface area (Å²) in [5.41, 5.74) is 1.92. The smallest absolute Gasteiger partial charge is 0.338 e. The van der Waals surface area contributed by atoms with Crippen LogP contribution in [0.3, 0.4) is 0 Å². The lowest BCUT2D eigenvalue weighted by Gasteiger charge is -2.19. The van der Waals surface area contributed by atoms with E-state index >= 15 is 0 Å². The fourth-order valence-corrected chi connectivity index (χ4v) is 3.07. The molecule has 0 bridgehead atoms. The van der Waals surface area contributed by atoms with Crippen LogP contribution >= 0.6 is 23.2 Å². The first-order valence-corrected chi connectivity index (χ1v) is 9.11. The molecule has 0 saturated carbocycles. The molecule has 2 atom stereocenters. The number of carbonyl (C=O) groups is 2. The Kier molecular flexibility index (Phi) is 7.66. The second-order valence-electron chi connectivity index (χ2n) is 6.08. The molecule has 1 N–H and O–H groups in total. The Balaban J connectivity index is 1.98. The van der Waals surface area contributed by atoms with E-state index in [0.29, 0.717) is 22.2 Å². The van der Waals surface area contributed by atoms with Crippen LogP contribution in [0.2, 0.25) is 10.0 Å². The topological polar surface area (TPSA) is 64.6 Å². The van der Waals surface area contributed by atoms with Crippen molar-refractivity contribution in [2.45, 2.75) is 32.6 Å². The highest BCUT2D eigenvalue weighted by molar-refractivity contribution is 6.35. The molecular formula is C20H21Cl2NO4. The van der Waals surface area contributed by atoms with E-state index in [1.54, 1.807) is 50.4 Å². The zero-order chi connectivity index (χ0) is 20.0. The van der Waals surface area contributed by atoms with Crippen molar-refractivity contribution >= 4 is 35.1 Å². The first-order valence-electron chi connectivity index (χ1n) is 8.36. The van der Waals surface area contributed by atoms with Crippen LogP contribution in [-0.2, 0) is 20.9 Å². The Morgan fingerprint density at radius 1 is 1.11 bits per heavy atom. The van der Waals surface area contributed by atoms with Gasteiger partial charge in [-0.3, -0.25) is 4.79 Å². The van der Waals surface area contributed by atoms with Crippen molar-refractivity contribution in [2.24, 2.45) is 0 Å². The number of methoxy groups -OCH3 is 1. The van der Waals surface area contributed by atoms with E-state index in [9.17, 15) is 9.59 Å². The van der Waals surface area contributed by atoms with E-state index < -0.39 is 18.0 Å². The molecule has 0 spiro atoms. The molecule has 0 aliphatic heterocycles. The summed E-state index contributed by atoms with van der Waals surface area (Å²) in [4.78, 5) is 24.6. The van der Waals surface area contributed by atoms with Crippen molar-refractivity contribution in [1.82, 2.24) is 5.32 Å². The molecule has 0 aromatic heterocycles.